The lowest BCUT2D eigenvalue weighted by Crippen LogP contribution is -2.13. The molecule has 0 unspecified atom stereocenters. The van der Waals surface area contributed by atoms with Gasteiger partial charge in [0.1, 0.15) is 5.56 Å². The molecule has 0 amide bonds. The van der Waals surface area contributed by atoms with Crippen LogP contribution in [0, 0.1) is 20.2 Å². The van der Waals surface area contributed by atoms with Crippen molar-refractivity contribution in [3.05, 3.63) is 43.5 Å². The Hall–Kier alpha value is -1.98. The number of hydrogen-bond donors (Lipinski definition) is 0. The molecule has 6 nitrogen and oxygen atoms in total. The van der Waals surface area contributed by atoms with E-state index in [2.05, 4.69) is 0 Å². The first kappa shape index (κ1) is 14.1. The van der Waals surface area contributed by atoms with Crippen molar-refractivity contribution in [2.75, 3.05) is 0 Å². The number of nitro benzene ring substituents is 2. The molecule has 0 bridgehead atoms. The fourth-order valence-corrected chi connectivity index (χ4v) is 1.76. The highest BCUT2D eigenvalue weighted by molar-refractivity contribution is 5.57. The lowest BCUT2D eigenvalue weighted by atomic mass is 9.85. The summed E-state index contributed by atoms with van der Waals surface area (Å²) >= 11 is 0. The largest absolute Gasteiger partial charge is 0.279 e. The number of rotatable bonds is 3. The summed E-state index contributed by atoms with van der Waals surface area (Å²) in [7, 11) is 0. The summed E-state index contributed by atoms with van der Waals surface area (Å²) in [4.78, 5) is 20.9. The third-order valence-electron chi connectivity index (χ3n) is 2.82. The molecule has 6 heteroatoms. The van der Waals surface area contributed by atoms with Gasteiger partial charge in [-0.3, -0.25) is 20.2 Å². The normalized spacial score (nSPS) is 11.3. The predicted molar refractivity (Wildman–Crippen MR) is 67.8 cm³/mol. The first-order valence-electron chi connectivity index (χ1n) is 5.64. The maximum Gasteiger partial charge on any atom is 0.279 e. The molecule has 0 heterocycles. The van der Waals surface area contributed by atoms with Crippen molar-refractivity contribution in [3.63, 3.8) is 0 Å². The van der Waals surface area contributed by atoms with Crippen LogP contribution in [0.25, 0.3) is 0 Å². The molecule has 0 aliphatic heterocycles. The molecule has 0 radical (unpaired) electrons. The van der Waals surface area contributed by atoms with Crippen LogP contribution in [0.1, 0.15) is 38.8 Å². The standard InChI is InChI=1S/C12H16N2O4/c1-5-9-10(13(15)16)6-8(12(2,3)4)7-11(9)14(17)18/h6-7H,5H2,1-4H3. The lowest BCUT2D eigenvalue weighted by Gasteiger charge is -2.19. The van der Waals surface area contributed by atoms with E-state index in [0.29, 0.717) is 5.56 Å². The summed E-state index contributed by atoms with van der Waals surface area (Å²) in [5.41, 5.74) is 0.0614. The zero-order valence-electron chi connectivity index (χ0n) is 10.9. The van der Waals surface area contributed by atoms with E-state index in [0.717, 1.165) is 0 Å². The average Bonchev–Trinajstić information content (AvgIpc) is 2.25. The molecule has 0 saturated heterocycles. The molecule has 1 rings (SSSR count). The molecular weight excluding hydrogens is 236 g/mol. The summed E-state index contributed by atoms with van der Waals surface area (Å²) in [6.07, 6.45) is 0.261. The molecule has 0 saturated carbocycles. The molecular formula is C12H16N2O4. The Morgan fingerprint density at radius 3 is 1.67 bits per heavy atom. The van der Waals surface area contributed by atoms with Gasteiger partial charge in [0.25, 0.3) is 11.4 Å². The van der Waals surface area contributed by atoms with E-state index in [1.807, 2.05) is 20.8 Å². The van der Waals surface area contributed by atoms with Gasteiger partial charge in [-0.25, -0.2) is 0 Å². The molecule has 0 fully saturated rings. The van der Waals surface area contributed by atoms with Crippen molar-refractivity contribution in [1.82, 2.24) is 0 Å². The van der Waals surface area contributed by atoms with E-state index in [1.165, 1.54) is 12.1 Å². The molecule has 0 aromatic heterocycles. The molecule has 0 N–H and O–H groups in total. The van der Waals surface area contributed by atoms with Gasteiger partial charge in [0, 0.05) is 12.1 Å². The highest BCUT2D eigenvalue weighted by Gasteiger charge is 2.28. The summed E-state index contributed by atoms with van der Waals surface area (Å²) in [6.45, 7) is 7.26. The van der Waals surface area contributed by atoms with Gasteiger partial charge in [-0.05, 0) is 17.4 Å². The number of benzene rings is 1. The van der Waals surface area contributed by atoms with Gasteiger partial charge in [0.2, 0.25) is 0 Å². The number of nitrogens with zero attached hydrogens (tertiary/aromatic N) is 2. The number of hydrogen-bond acceptors (Lipinski definition) is 4. The Morgan fingerprint density at radius 1 is 1.06 bits per heavy atom. The van der Waals surface area contributed by atoms with Crippen LogP contribution in [0.2, 0.25) is 0 Å². The third-order valence-corrected chi connectivity index (χ3v) is 2.82. The van der Waals surface area contributed by atoms with Gasteiger partial charge >= 0.3 is 0 Å². The second kappa shape index (κ2) is 4.72. The Morgan fingerprint density at radius 2 is 1.44 bits per heavy atom. The van der Waals surface area contributed by atoms with Gasteiger partial charge < -0.3 is 0 Å². The SMILES string of the molecule is CCc1c([N+](=O)[O-])cc(C(C)(C)C)cc1[N+](=O)[O-]. The van der Waals surface area contributed by atoms with Crippen molar-refractivity contribution in [1.29, 1.82) is 0 Å². The van der Waals surface area contributed by atoms with Gasteiger partial charge in [-0.15, -0.1) is 0 Å². The van der Waals surface area contributed by atoms with Crippen LogP contribution < -0.4 is 0 Å². The maximum absolute atomic E-state index is 11.0. The van der Waals surface area contributed by atoms with Crippen LogP contribution >= 0.6 is 0 Å². The molecule has 0 spiro atoms. The van der Waals surface area contributed by atoms with E-state index in [-0.39, 0.29) is 28.8 Å². The Labute approximate surface area is 105 Å². The Bertz CT molecular complexity index is 468. The highest BCUT2D eigenvalue weighted by atomic mass is 16.6. The van der Waals surface area contributed by atoms with Gasteiger partial charge in [0.15, 0.2) is 0 Å². The first-order valence-corrected chi connectivity index (χ1v) is 5.64. The van der Waals surface area contributed by atoms with Crippen LogP contribution in [0.4, 0.5) is 11.4 Å². The predicted octanol–water partition coefficient (Wildman–Crippen LogP) is 3.36. The quantitative estimate of drug-likeness (QED) is 0.609. The second-order valence-electron chi connectivity index (χ2n) is 5.11. The van der Waals surface area contributed by atoms with Crippen LogP contribution in [0.3, 0.4) is 0 Å². The molecule has 1 aromatic carbocycles. The molecule has 0 atom stereocenters. The molecule has 0 aliphatic rings. The Kier molecular flexibility index (Phi) is 3.69. The minimum Gasteiger partial charge on any atom is -0.258 e. The van der Waals surface area contributed by atoms with Crippen LogP contribution in [0.5, 0.6) is 0 Å². The van der Waals surface area contributed by atoms with Crippen molar-refractivity contribution in [3.8, 4) is 0 Å². The summed E-state index contributed by atoms with van der Waals surface area (Å²) in [5, 5.41) is 22.0. The van der Waals surface area contributed by atoms with Crippen LogP contribution in [-0.4, -0.2) is 9.85 Å². The van der Waals surface area contributed by atoms with Crippen molar-refractivity contribution >= 4 is 11.4 Å². The van der Waals surface area contributed by atoms with Gasteiger partial charge in [-0.2, -0.15) is 0 Å². The van der Waals surface area contributed by atoms with Crippen molar-refractivity contribution in [2.24, 2.45) is 0 Å². The maximum atomic E-state index is 11.0. The fourth-order valence-electron chi connectivity index (χ4n) is 1.76. The smallest absolute Gasteiger partial charge is 0.258 e. The molecule has 0 aliphatic carbocycles. The van der Waals surface area contributed by atoms with Crippen molar-refractivity contribution in [2.45, 2.75) is 39.5 Å². The molecule has 98 valence electrons. The van der Waals surface area contributed by atoms with Crippen molar-refractivity contribution < 1.29 is 9.85 Å². The van der Waals surface area contributed by atoms with E-state index >= 15 is 0 Å². The fraction of sp³-hybridized carbons (Fsp3) is 0.500. The molecule has 1 aromatic rings. The summed E-state index contributed by atoms with van der Waals surface area (Å²) in [5.74, 6) is 0. The number of nitro groups is 2. The topological polar surface area (TPSA) is 86.3 Å². The minimum absolute atomic E-state index is 0.170. The van der Waals surface area contributed by atoms with Crippen LogP contribution in [0.15, 0.2) is 12.1 Å². The zero-order chi connectivity index (χ0) is 14.1. The second-order valence-corrected chi connectivity index (χ2v) is 5.11. The van der Waals surface area contributed by atoms with Crippen LogP contribution in [-0.2, 0) is 11.8 Å². The van der Waals surface area contributed by atoms with Gasteiger partial charge in [0.05, 0.1) is 9.85 Å². The third kappa shape index (κ3) is 2.64. The van der Waals surface area contributed by atoms with E-state index in [1.54, 1.807) is 6.92 Å². The van der Waals surface area contributed by atoms with E-state index in [4.69, 9.17) is 0 Å². The average molecular weight is 252 g/mol. The molecule has 18 heavy (non-hydrogen) atoms. The first-order chi connectivity index (χ1) is 8.18. The minimum atomic E-state index is -0.554. The Balaban J connectivity index is 3.65. The lowest BCUT2D eigenvalue weighted by molar-refractivity contribution is -0.395. The monoisotopic (exact) mass is 252 g/mol. The van der Waals surface area contributed by atoms with E-state index in [9.17, 15) is 20.2 Å². The van der Waals surface area contributed by atoms with Gasteiger partial charge in [-0.1, -0.05) is 27.7 Å². The summed E-state index contributed by atoms with van der Waals surface area (Å²) < 4.78 is 0. The highest BCUT2D eigenvalue weighted by Crippen LogP contribution is 2.35. The summed E-state index contributed by atoms with van der Waals surface area (Å²) in [6, 6.07) is 2.87. The zero-order valence-corrected chi connectivity index (χ0v) is 10.9. The van der Waals surface area contributed by atoms with E-state index < -0.39 is 9.85 Å².